The van der Waals surface area contributed by atoms with Gasteiger partial charge in [0.2, 0.25) is 0 Å². The Morgan fingerprint density at radius 2 is 1.88 bits per heavy atom. The highest BCUT2D eigenvalue weighted by Crippen LogP contribution is 2.82. The molecule has 3 spiro atoms. The first-order chi connectivity index (χ1) is 25.1. The van der Waals surface area contributed by atoms with Crippen molar-refractivity contribution in [2.75, 3.05) is 44.5 Å². The predicted molar refractivity (Wildman–Crippen MR) is 191 cm³/mol. The molecular weight excluding hydrogens is 656 g/mol. The molecule has 3 aliphatic carbocycles. The molecule has 10 aliphatic rings. The fourth-order valence-electron chi connectivity index (χ4n) is 15.3. The van der Waals surface area contributed by atoms with Gasteiger partial charge in [0.05, 0.1) is 37.4 Å². The highest BCUT2D eigenvalue weighted by molar-refractivity contribution is 5.93. The summed E-state index contributed by atoms with van der Waals surface area (Å²) in [7, 11) is 2.97. The van der Waals surface area contributed by atoms with Crippen molar-refractivity contribution < 1.29 is 28.9 Å². The molecule has 6 fully saturated rings. The molecule has 4 saturated heterocycles. The summed E-state index contributed by atoms with van der Waals surface area (Å²) in [6.07, 6.45) is 8.34. The van der Waals surface area contributed by atoms with E-state index in [1.54, 1.807) is 0 Å². The number of methoxy groups -OCH3 is 2. The van der Waals surface area contributed by atoms with Gasteiger partial charge in [0.1, 0.15) is 11.5 Å². The third kappa shape index (κ3) is 2.80. The largest absolute Gasteiger partial charge is 0.468 e. The van der Waals surface area contributed by atoms with Crippen LogP contribution < -0.4 is 10.6 Å². The maximum atomic E-state index is 14.4. The molecule has 3 N–H and O–H groups in total. The Hall–Kier alpha value is -3.70. The molecule has 0 radical (unpaired) electrons. The number of epoxide rings is 1. The maximum Gasteiger partial charge on any atom is 0.335 e. The average molecular weight is 703 g/mol. The Morgan fingerprint density at radius 1 is 1.04 bits per heavy atom. The number of benzene rings is 2. The number of nitrogens with one attached hydrogen (secondary N) is 2. The van der Waals surface area contributed by atoms with Crippen LogP contribution in [0.25, 0.3) is 0 Å². The zero-order valence-corrected chi connectivity index (χ0v) is 30.2. The van der Waals surface area contributed by atoms with Crippen LogP contribution in [0, 0.1) is 22.2 Å². The van der Waals surface area contributed by atoms with Crippen LogP contribution in [0.15, 0.2) is 65.9 Å². The summed E-state index contributed by atoms with van der Waals surface area (Å²) in [6.45, 7) is 6.99. The molecule has 7 heterocycles. The van der Waals surface area contributed by atoms with Gasteiger partial charge in [-0.2, -0.15) is 0 Å². The number of ether oxygens (including phenoxy) is 3. The smallest absolute Gasteiger partial charge is 0.335 e. The van der Waals surface area contributed by atoms with Crippen LogP contribution in [-0.4, -0.2) is 90.7 Å². The Labute approximate surface area is 303 Å². The van der Waals surface area contributed by atoms with Crippen molar-refractivity contribution in [1.82, 2.24) is 9.80 Å². The molecule has 0 amide bonds. The minimum Gasteiger partial charge on any atom is -0.468 e. The third-order valence-corrected chi connectivity index (χ3v) is 16.9. The van der Waals surface area contributed by atoms with Crippen LogP contribution in [0.3, 0.4) is 0 Å². The van der Waals surface area contributed by atoms with Crippen molar-refractivity contribution in [1.29, 1.82) is 0 Å². The summed E-state index contributed by atoms with van der Waals surface area (Å²) in [5.41, 5.74) is 3.24. The number of nitrogens with zero attached hydrogens (tertiary/aromatic N) is 2. The molecule has 2 aromatic rings. The topological polar surface area (TPSA) is 116 Å². The van der Waals surface area contributed by atoms with Crippen molar-refractivity contribution in [2.45, 2.75) is 92.8 Å². The first-order valence-electron chi connectivity index (χ1n) is 19.4. The molecule has 7 aliphatic heterocycles. The van der Waals surface area contributed by atoms with Crippen molar-refractivity contribution in [3.63, 3.8) is 0 Å². The number of aliphatic hydroxyl groups is 1. The van der Waals surface area contributed by atoms with Gasteiger partial charge in [0.25, 0.3) is 0 Å². The lowest BCUT2D eigenvalue weighted by molar-refractivity contribution is -0.190. The zero-order valence-electron chi connectivity index (χ0n) is 30.2. The van der Waals surface area contributed by atoms with Crippen LogP contribution in [0.5, 0.6) is 0 Å². The van der Waals surface area contributed by atoms with Gasteiger partial charge in [-0.25, -0.2) is 4.79 Å². The van der Waals surface area contributed by atoms with E-state index in [0.29, 0.717) is 12.8 Å². The second-order valence-electron chi connectivity index (χ2n) is 17.7. The number of esters is 2. The Bertz CT molecular complexity index is 2120. The first kappa shape index (κ1) is 30.7. The second kappa shape index (κ2) is 9.14. The molecule has 0 aromatic heterocycles. The van der Waals surface area contributed by atoms with E-state index in [4.69, 9.17) is 14.2 Å². The quantitative estimate of drug-likeness (QED) is 0.241. The molecule has 12 atom stereocenters. The molecule has 2 saturated carbocycles. The number of anilines is 2. The number of hydrogen-bond acceptors (Lipinski definition) is 10. The van der Waals surface area contributed by atoms with Crippen LogP contribution in [0.2, 0.25) is 0 Å². The minimum absolute atomic E-state index is 0.00332. The summed E-state index contributed by atoms with van der Waals surface area (Å²) in [5, 5.41) is 20.2. The van der Waals surface area contributed by atoms with E-state index in [9.17, 15) is 14.7 Å². The SMILES string of the molecule is CC[C@@]12CC(C(=O)OC)=C3Nc4ccccc4[C@]34CCN([C@H](c3ccc5c(c3)[C@@]36CCN7CC=C[C@@]8(C[C@@]3(C(=O)OC)[C@@](O)(N5)[C@H]8C)[C@H]76)[C@H]3O[C@H]31)[C@@H]24. The minimum atomic E-state index is -1.44. The lowest BCUT2D eigenvalue weighted by atomic mass is 9.48. The molecule has 0 unspecified atom stereocenters. The van der Waals surface area contributed by atoms with Crippen LogP contribution in [-0.2, 0) is 34.6 Å². The van der Waals surface area contributed by atoms with Crippen LogP contribution in [0.4, 0.5) is 11.4 Å². The van der Waals surface area contributed by atoms with E-state index < -0.39 is 16.6 Å². The van der Waals surface area contributed by atoms with Crippen LogP contribution in [0.1, 0.15) is 68.7 Å². The van der Waals surface area contributed by atoms with E-state index in [-0.39, 0.29) is 64.4 Å². The Kier molecular flexibility index (Phi) is 5.40. The summed E-state index contributed by atoms with van der Waals surface area (Å²) in [5.74, 6) is -0.740. The summed E-state index contributed by atoms with van der Waals surface area (Å²) < 4.78 is 18.0. The number of carbonyl (C=O) groups is 2. The van der Waals surface area contributed by atoms with Gasteiger partial charge < -0.3 is 30.0 Å². The van der Waals surface area contributed by atoms with Crippen molar-refractivity contribution in [3.8, 4) is 0 Å². The monoisotopic (exact) mass is 702 g/mol. The zero-order chi connectivity index (χ0) is 35.4. The van der Waals surface area contributed by atoms with Crippen molar-refractivity contribution in [2.24, 2.45) is 22.2 Å². The van der Waals surface area contributed by atoms with Gasteiger partial charge in [-0.15, -0.1) is 0 Å². The highest BCUT2D eigenvalue weighted by Gasteiger charge is 2.91. The Balaban J connectivity index is 1.05. The summed E-state index contributed by atoms with van der Waals surface area (Å²) in [4.78, 5) is 33.3. The van der Waals surface area contributed by atoms with E-state index >= 15 is 0 Å². The van der Waals surface area contributed by atoms with Gasteiger partial charge in [-0.3, -0.25) is 14.6 Å². The summed E-state index contributed by atoms with van der Waals surface area (Å²) in [6, 6.07) is 15.6. The third-order valence-electron chi connectivity index (χ3n) is 16.9. The molecule has 12 rings (SSSR count). The van der Waals surface area contributed by atoms with Crippen molar-refractivity contribution >= 4 is 23.3 Å². The molecule has 2 aromatic carbocycles. The predicted octanol–water partition coefficient (Wildman–Crippen LogP) is 4.37. The second-order valence-corrected chi connectivity index (χ2v) is 17.7. The van der Waals surface area contributed by atoms with Crippen molar-refractivity contribution in [3.05, 3.63) is 82.6 Å². The average Bonchev–Trinajstić information content (AvgIpc) is 3.41. The molecule has 270 valence electrons. The van der Waals surface area contributed by atoms with E-state index in [0.717, 1.165) is 67.1 Å². The standard InChI is InChI=1S/C42H46N4O6/c1-5-37-20-24(33(47)50-3)31-39(25-9-6-7-10-27(25)43-31)14-18-46(34(37)39)29(30-32(37)52-30)23-11-12-28-26(19-23)40-15-17-45-16-8-13-38(35(40)45)21-41(40,36(48)51-4)42(49,44-28)22(38)2/h6-13,19,22,29-30,32,34-35,43-44,49H,5,14-18,20-21H2,1-4H3/t22-,29+,30+,32+,34-,35-,37+,38-,39+,40+,41-,42+/m0/s1. The molecule has 2 bridgehead atoms. The number of fused-ring (bicyclic) bond motifs is 4. The first-order valence-corrected chi connectivity index (χ1v) is 19.4. The fourth-order valence-corrected chi connectivity index (χ4v) is 15.3. The lowest BCUT2D eigenvalue weighted by Gasteiger charge is -2.63. The van der Waals surface area contributed by atoms with E-state index in [2.05, 4.69) is 88.9 Å². The number of piperidine rings is 1. The number of para-hydroxylation sites is 1. The van der Waals surface area contributed by atoms with E-state index in [1.165, 1.54) is 25.3 Å². The van der Waals surface area contributed by atoms with Gasteiger partial charge in [0, 0.05) is 64.4 Å². The van der Waals surface area contributed by atoms with Gasteiger partial charge in [0.15, 0.2) is 5.72 Å². The van der Waals surface area contributed by atoms with Gasteiger partial charge in [-0.1, -0.05) is 56.3 Å². The number of rotatable bonds is 4. The molecular formula is C42H46N4O6. The lowest BCUT2D eigenvalue weighted by Crippen LogP contribution is -2.75. The molecule has 10 nitrogen and oxygen atoms in total. The normalized spacial score (nSPS) is 47.4. The highest BCUT2D eigenvalue weighted by atomic mass is 16.6. The molecule has 10 heteroatoms. The maximum absolute atomic E-state index is 14.4. The Morgan fingerprint density at radius 3 is 2.69 bits per heavy atom. The molecule has 52 heavy (non-hydrogen) atoms. The number of hydrogen-bond donors (Lipinski definition) is 3. The number of carbonyl (C=O) groups excluding carboxylic acids is 2. The van der Waals surface area contributed by atoms with Crippen LogP contribution >= 0.6 is 0 Å². The van der Waals surface area contributed by atoms with Gasteiger partial charge in [-0.05, 0) is 67.5 Å². The van der Waals surface area contributed by atoms with E-state index in [1.807, 2.05) is 0 Å². The summed E-state index contributed by atoms with van der Waals surface area (Å²) >= 11 is 0. The fraction of sp³-hybridized carbons (Fsp3) is 0.571. The van der Waals surface area contributed by atoms with Gasteiger partial charge >= 0.3 is 11.9 Å².